The van der Waals surface area contributed by atoms with E-state index in [1.165, 1.54) is 5.56 Å². The minimum atomic E-state index is 0.00829. The first kappa shape index (κ1) is 14.0. The van der Waals surface area contributed by atoms with Crippen LogP contribution in [0.1, 0.15) is 24.0 Å². The van der Waals surface area contributed by atoms with Crippen molar-refractivity contribution in [3.05, 3.63) is 29.3 Å². The SMILES string of the molecule is Cc1cccc(N2CC(CCCO)OCC2=O)c1C. The van der Waals surface area contributed by atoms with Crippen molar-refractivity contribution in [2.75, 3.05) is 24.7 Å². The predicted octanol–water partition coefficient (Wildman–Crippen LogP) is 1.81. The first-order valence-electron chi connectivity index (χ1n) is 6.72. The second-order valence-corrected chi connectivity index (χ2v) is 5.02. The summed E-state index contributed by atoms with van der Waals surface area (Å²) >= 11 is 0. The summed E-state index contributed by atoms with van der Waals surface area (Å²) in [6, 6.07) is 6.00. The number of ether oxygens (including phenoxy) is 1. The highest BCUT2D eigenvalue weighted by Crippen LogP contribution is 2.25. The number of morpholine rings is 1. The van der Waals surface area contributed by atoms with Crippen molar-refractivity contribution < 1.29 is 14.6 Å². The van der Waals surface area contributed by atoms with E-state index >= 15 is 0 Å². The Morgan fingerprint density at radius 2 is 2.21 bits per heavy atom. The van der Waals surface area contributed by atoms with Crippen molar-refractivity contribution >= 4 is 11.6 Å². The highest BCUT2D eigenvalue weighted by molar-refractivity contribution is 5.95. The van der Waals surface area contributed by atoms with Crippen LogP contribution in [0.15, 0.2) is 18.2 Å². The normalized spacial score (nSPS) is 19.8. The van der Waals surface area contributed by atoms with Crippen molar-refractivity contribution in [3.8, 4) is 0 Å². The molecular formula is C15H21NO3. The van der Waals surface area contributed by atoms with Gasteiger partial charge in [0, 0.05) is 12.3 Å². The number of aryl methyl sites for hydroxylation is 1. The van der Waals surface area contributed by atoms with Gasteiger partial charge in [-0.05, 0) is 43.9 Å². The molecule has 1 saturated heterocycles. The van der Waals surface area contributed by atoms with E-state index in [4.69, 9.17) is 9.84 Å². The van der Waals surface area contributed by atoms with Crippen molar-refractivity contribution in [1.82, 2.24) is 0 Å². The number of nitrogens with zero attached hydrogens (tertiary/aromatic N) is 1. The summed E-state index contributed by atoms with van der Waals surface area (Å²) in [7, 11) is 0. The lowest BCUT2D eigenvalue weighted by Crippen LogP contribution is -2.47. The van der Waals surface area contributed by atoms with Crippen LogP contribution in [-0.4, -0.2) is 36.9 Å². The Bertz CT molecular complexity index is 459. The predicted molar refractivity (Wildman–Crippen MR) is 74.3 cm³/mol. The van der Waals surface area contributed by atoms with Gasteiger partial charge < -0.3 is 14.7 Å². The minimum absolute atomic E-state index is 0.00829. The summed E-state index contributed by atoms with van der Waals surface area (Å²) < 4.78 is 5.51. The summed E-state index contributed by atoms with van der Waals surface area (Å²) in [5, 5.41) is 8.88. The van der Waals surface area contributed by atoms with Crippen LogP contribution in [-0.2, 0) is 9.53 Å². The Morgan fingerprint density at radius 3 is 2.95 bits per heavy atom. The van der Waals surface area contributed by atoms with Crippen molar-refractivity contribution in [3.63, 3.8) is 0 Å². The Morgan fingerprint density at radius 1 is 1.42 bits per heavy atom. The zero-order chi connectivity index (χ0) is 13.8. The lowest BCUT2D eigenvalue weighted by molar-refractivity contribution is -0.129. The fraction of sp³-hybridized carbons (Fsp3) is 0.533. The van der Waals surface area contributed by atoms with Crippen molar-refractivity contribution in [2.24, 2.45) is 0 Å². The lowest BCUT2D eigenvalue weighted by atomic mass is 10.1. The molecule has 1 fully saturated rings. The average Bonchev–Trinajstić information content (AvgIpc) is 2.41. The molecule has 1 N–H and O–H groups in total. The number of anilines is 1. The molecule has 0 aliphatic carbocycles. The maximum absolute atomic E-state index is 12.0. The van der Waals surface area contributed by atoms with Crippen LogP contribution in [0, 0.1) is 13.8 Å². The molecule has 2 rings (SSSR count). The molecule has 0 bridgehead atoms. The molecule has 19 heavy (non-hydrogen) atoms. The number of carbonyl (C=O) groups excluding carboxylic acids is 1. The van der Waals surface area contributed by atoms with Crippen LogP contribution >= 0.6 is 0 Å². The van der Waals surface area contributed by atoms with Gasteiger partial charge in [-0.1, -0.05) is 12.1 Å². The van der Waals surface area contributed by atoms with Crippen molar-refractivity contribution in [2.45, 2.75) is 32.8 Å². The molecule has 1 aliphatic rings. The van der Waals surface area contributed by atoms with Gasteiger partial charge in [0.15, 0.2) is 0 Å². The van der Waals surface area contributed by atoms with Crippen LogP contribution in [0.5, 0.6) is 0 Å². The number of hydrogen-bond acceptors (Lipinski definition) is 3. The van der Waals surface area contributed by atoms with Crippen LogP contribution < -0.4 is 4.90 Å². The van der Waals surface area contributed by atoms with E-state index in [-0.39, 0.29) is 25.2 Å². The Balaban J connectivity index is 2.16. The van der Waals surface area contributed by atoms with Gasteiger partial charge in [0.1, 0.15) is 6.61 Å². The maximum Gasteiger partial charge on any atom is 0.253 e. The van der Waals surface area contributed by atoms with E-state index in [1.807, 2.05) is 36.9 Å². The largest absolute Gasteiger partial charge is 0.396 e. The molecule has 1 atom stereocenters. The summed E-state index contributed by atoms with van der Waals surface area (Å²) in [6.45, 7) is 4.95. The molecule has 1 aromatic carbocycles. The fourth-order valence-corrected chi connectivity index (χ4v) is 2.38. The van der Waals surface area contributed by atoms with Gasteiger partial charge >= 0.3 is 0 Å². The number of amides is 1. The van der Waals surface area contributed by atoms with Crippen LogP contribution in [0.25, 0.3) is 0 Å². The van der Waals surface area contributed by atoms with Gasteiger partial charge in [0.2, 0.25) is 0 Å². The summed E-state index contributed by atoms with van der Waals surface area (Å²) in [6.07, 6.45) is 1.51. The number of rotatable bonds is 4. The zero-order valence-corrected chi connectivity index (χ0v) is 11.6. The van der Waals surface area contributed by atoms with Gasteiger partial charge in [-0.3, -0.25) is 4.79 Å². The summed E-state index contributed by atoms with van der Waals surface area (Å²) in [4.78, 5) is 13.8. The molecule has 4 heteroatoms. The third kappa shape index (κ3) is 3.14. The molecule has 1 unspecified atom stereocenters. The molecule has 1 amide bonds. The summed E-state index contributed by atoms with van der Waals surface area (Å²) in [5.41, 5.74) is 3.30. The second kappa shape index (κ2) is 6.17. The number of hydrogen-bond donors (Lipinski definition) is 1. The number of aliphatic hydroxyl groups excluding tert-OH is 1. The fourth-order valence-electron chi connectivity index (χ4n) is 2.38. The Kier molecular flexibility index (Phi) is 4.56. The number of carbonyl (C=O) groups is 1. The van der Waals surface area contributed by atoms with Crippen LogP contribution in [0.2, 0.25) is 0 Å². The molecule has 0 aromatic heterocycles. The average molecular weight is 263 g/mol. The first-order chi connectivity index (χ1) is 9.13. The zero-order valence-electron chi connectivity index (χ0n) is 11.6. The van der Waals surface area contributed by atoms with E-state index in [9.17, 15) is 4.79 Å². The van der Waals surface area contributed by atoms with E-state index in [1.54, 1.807) is 0 Å². The second-order valence-electron chi connectivity index (χ2n) is 5.02. The van der Waals surface area contributed by atoms with Gasteiger partial charge in [-0.2, -0.15) is 0 Å². The molecule has 1 aliphatic heterocycles. The molecule has 0 spiro atoms. The van der Waals surface area contributed by atoms with E-state index in [2.05, 4.69) is 0 Å². The highest BCUT2D eigenvalue weighted by atomic mass is 16.5. The molecule has 1 aromatic rings. The molecule has 0 radical (unpaired) electrons. The quantitative estimate of drug-likeness (QED) is 0.901. The van der Waals surface area contributed by atoms with E-state index in [0.29, 0.717) is 13.0 Å². The first-order valence-corrected chi connectivity index (χ1v) is 6.72. The van der Waals surface area contributed by atoms with Gasteiger partial charge in [0.05, 0.1) is 12.6 Å². The number of benzene rings is 1. The lowest BCUT2D eigenvalue weighted by Gasteiger charge is -2.34. The minimum Gasteiger partial charge on any atom is -0.396 e. The molecule has 4 nitrogen and oxygen atoms in total. The van der Waals surface area contributed by atoms with Crippen molar-refractivity contribution in [1.29, 1.82) is 0 Å². The van der Waals surface area contributed by atoms with E-state index < -0.39 is 0 Å². The third-order valence-electron chi connectivity index (χ3n) is 3.68. The van der Waals surface area contributed by atoms with E-state index in [0.717, 1.165) is 17.7 Å². The standard InChI is InChI=1S/C15H21NO3/c1-11-5-3-7-14(12(11)2)16-9-13(6-4-8-17)19-10-15(16)18/h3,5,7,13,17H,4,6,8-10H2,1-2H3. The van der Waals surface area contributed by atoms with Crippen LogP contribution in [0.4, 0.5) is 5.69 Å². The molecule has 104 valence electrons. The molecule has 1 heterocycles. The molecule has 0 saturated carbocycles. The van der Waals surface area contributed by atoms with Gasteiger partial charge in [0.25, 0.3) is 5.91 Å². The van der Waals surface area contributed by atoms with Gasteiger partial charge in [-0.15, -0.1) is 0 Å². The maximum atomic E-state index is 12.0. The Labute approximate surface area is 114 Å². The topological polar surface area (TPSA) is 49.8 Å². The van der Waals surface area contributed by atoms with Crippen LogP contribution in [0.3, 0.4) is 0 Å². The monoisotopic (exact) mass is 263 g/mol. The Hall–Kier alpha value is -1.39. The number of aliphatic hydroxyl groups is 1. The highest BCUT2D eigenvalue weighted by Gasteiger charge is 2.28. The third-order valence-corrected chi connectivity index (χ3v) is 3.68. The molecular weight excluding hydrogens is 242 g/mol. The summed E-state index contributed by atoms with van der Waals surface area (Å²) in [5.74, 6) is 0.00829. The van der Waals surface area contributed by atoms with Gasteiger partial charge in [-0.25, -0.2) is 0 Å². The smallest absolute Gasteiger partial charge is 0.253 e.